The van der Waals surface area contributed by atoms with E-state index in [0.29, 0.717) is 0 Å². The zero-order valence-corrected chi connectivity index (χ0v) is 12.0. The molecule has 0 N–H and O–H groups in total. The topological polar surface area (TPSA) is 12.5 Å². The van der Waals surface area contributed by atoms with E-state index in [1.54, 1.807) is 0 Å². The Labute approximate surface area is 116 Å². The lowest BCUT2D eigenvalue weighted by Crippen LogP contribution is -2.27. The smallest absolute Gasteiger partial charge is 0.123 e. The van der Waals surface area contributed by atoms with Crippen LogP contribution in [-0.2, 0) is 6.54 Å². The molecule has 1 unspecified atom stereocenters. The van der Waals surface area contributed by atoms with Gasteiger partial charge in [-0.2, -0.15) is 12.6 Å². The van der Waals surface area contributed by atoms with E-state index in [9.17, 15) is 0 Å². The van der Waals surface area contributed by atoms with Crippen molar-refractivity contribution in [3.63, 3.8) is 0 Å². The summed E-state index contributed by atoms with van der Waals surface area (Å²) in [5.41, 5.74) is 1.32. The maximum absolute atomic E-state index is 5.78. The highest BCUT2D eigenvalue weighted by molar-refractivity contribution is 7.80. The number of nitrogens with zero attached hydrogens (tertiary/aromatic N) is 1. The van der Waals surface area contributed by atoms with Crippen LogP contribution in [-0.4, -0.2) is 30.3 Å². The number of fused-ring (bicyclic) bond motifs is 1. The summed E-state index contributed by atoms with van der Waals surface area (Å²) in [5, 5.41) is 0. The molecule has 0 saturated carbocycles. The zero-order valence-electron chi connectivity index (χ0n) is 11.1. The van der Waals surface area contributed by atoms with Gasteiger partial charge in [0, 0.05) is 18.7 Å². The van der Waals surface area contributed by atoms with Gasteiger partial charge in [0.1, 0.15) is 12.4 Å². The van der Waals surface area contributed by atoms with E-state index in [2.05, 4.69) is 42.7 Å². The fourth-order valence-corrected chi connectivity index (χ4v) is 2.78. The first-order valence-electron chi connectivity index (χ1n) is 6.83. The quantitative estimate of drug-likeness (QED) is 0.821. The lowest BCUT2D eigenvalue weighted by Gasteiger charge is -2.21. The van der Waals surface area contributed by atoms with Gasteiger partial charge >= 0.3 is 0 Å². The fraction of sp³-hybridized carbons (Fsp3) is 0.600. The average molecular weight is 265 g/mol. The van der Waals surface area contributed by atoms with Gasteiger partial charge in [0.25, 0.3) is 0 Å². The first-order chi connectivity index (χ1) is 8.79. The van der Waals surface area contributed by atoms with E-state index in [0.717, 1.165) is 43.7 Å². The second-order valence-corrected chi connectivity index (χ2v) is 5.59. The zero-order chi connectivity index (χ0) is 12.8. The van der Waals surface area contributed by atoms with Crippen molar-refractivity contribution in [3.8, 4) is 5.75 Å². The number of ether oxygens (including phenoxy) is 1. The Morgan fingerprint density at radius 1 is 1.33 bits per heavy atom. The summed E-state index contributed by atoms with van der Waals surface area (Å²) >= 11 is 4.30. The standard InChI is InChI=1S/C15H23NOS/c1-13(7-11-18)6-8-16-9-10-17-15-5-3-2-4-14(15)12-16/h2-5,13,18H,6-12H2,1H3. The van der Waals surface area contributed by atoms with Crippen molar-refractivity contribution < 1.29 is 4.74 Å². The number of hydrogen-bond acceptors (Lipinski definition) is 3. The first kappa shape index (κ1) is 13.8. The van der Waals surface area contributed by atoms with Crippen LogP contribution < -0.4 is 4.74 Å². The van der Waals surface area contributed by atoms with Crippen LogP contribution in [0.2, 0.25) is 0 Å². The van der Waals surface area contributed by atoms with Gasteiger partial charge in [0.2, 0.25) is 0 Å². The van der Waals surface area contributed by atoms with Crippen molar-refractivity contribution in [2.24, 2.45) is 5.92 Å². The van der Waals surface area contributed by atoms with Gasteiger partial charge in [-0.25, -0.2) is 0 Å². The maximum atomic E-state index is 5.78. The summed E-state index contributed by atoms with van der Waals surface area (Å²) < 4.78 is 5.78. The number of hydrogen-bond donors (Lipinski definition) is 1. The van der Waals surface area contributed by atoms with Crippen molar-refractivity contribution >= 4 is 12.6 Å². The minimum Gasteiger partial charge on any atom is -0.492 e. The lowest BCUT2D eigenvalue weighted by molar-refractivity contribution is 0.214. The molecule has 1 aromatic rings. The van der Waals surface area contributed by atoms with E-state index >= 15 is 0 Å². The van der Waals surface area contributed by atoms with Crippen molar-refractivity contribution in [1.29, 1.82) is 0 Å². The molecule has 1 heterocycles. The normalized spacial score (nSPS) is 17.7. The van der Waals surface area contributed by atoms with Gasteiger partial charge < -0.3 is 4.74 Å². The average Bonchev–Trinajstić information content (AvgIpc) is 2.58. The Balaban J connectivity index is 1.88. The van der Waals surface area contributed by atoms with E-state index in [4.69, 9.17) is 4.74 Å². The summed E-state index contributed by atoms with van der Waals surface area (Å²) in [6.07, 6.45) is 2.47. The molecule has 18 heavy (non-hydrogen) atoms. The molecule has 100 valence electrons. The van der Waals surface area contributed by atoms with Crippen LogP contribution in [0.1, 0.15) is 25.3 Å². The molecule has 0 fully saturated rings. The Morgan fingerprint density at radius 3 is 3.00 bits per heavy atom. The van der Waals surface area contributed by atoms with Crippen LogP contribution in [0.3, 0.4) is 0 Å². The van der Waals surface area contributed by atoms with Crippen LogP contribution >= 0.6 is 12.6 Å². The molecule has 1 aliphatic rings. The SMILES string of the molecule is CC(CCS)CCN1CCOc2ccccc2C1. The predicted octanol–water partition coefficient (Wildman–Crippen LogP) is 3.23. The molecule has 0 aliphatic carbocycles. The highest BCUT2D eigenvalue weighted by atomic mass is 32.1. The Kier molecular flexibility index (Phi) is 5.39. The Morgan fingerprint density at radius 2 is 2.17 bits per heavy atom. The monoisotopic (exact) mass is 265 g/mol. The molecule has 3 heteroatoms. The molecular weight excluding hydrogens is 242 g/mol. The molecule has 0 saturated heterocycles. The van der Waals surface area contributed by atoms with Crippen molar-refractivity contribution in [3.05, 3.63) is 29.8 Å². The molecule has 0 radical (unpaired) electrons. The van der Waals surface area contributed by atoms with Crippen molar-refractivity contribution in [2.45, 2.75) is 26.3 Å². The van der Waals surface area contributed by atoms with E-state index < -0.39 is 0 Å². The van der Waals surface area contributed by atoms with Crippen LogP contribution in [0.5, 0.6) is 5.75 Å². The Hall–Kier alpha value is -0.670. The van der Waals surface area contributed by atoms with Crippen molar-refractivity contribution in [1.82, 2.24) is 4.90 Å². The summed E-state index contributed by atoms with van der Waals surface area (Å²) in [6.45, 7) is 6.33. The largest absolute Gasteiger partial charge is 0.492 e. The second-order valence-electron chi connectivity index (χ2n) is 5.14. The molecule has 0 aromatic heterocycles. The number of rotatable bonds is 5. The minimum absolute atomic E-state index is 0.766. The van der Waals surface area contributed by atoms with Crippen LogP contribution in [0, 0.1) is 5.92 Å². The Bertz CT molecular complexity index is 369. The van der Waals surface area contributed by atoms with E-state index in [-0.39, 0.29) is 0 Å². The number of thiol groups is 1. The number of benzene rings is 1. The fourth-order valence-electron chi connectivity index (χ4n) is 2.34. The lowest BCUT2D eigenvalue weighted by atomic mass is 10.0. The van der Waals surface area contributed by atoms with Crippen LogP contribution in [0.4, 0.5) is 0 Å². The van der Waals surface area contributed by atoms with Gasteiger partial charge in [0.05, 0.1) is 0 Å². The summed E-state index contributed by atoms with van der Waals surface area (Å²) in [5.74, 6) is 2.82. The van der Waals surface area contributed by atoms with Gasteiger partial charge in [-0.05, 0) is 37.1 Å². The maximum Gasteiger partial charge on any atom is 0.123 e. The summed E-state index contributed by atoms with van der Waals surface area (Å²) in [6, 6.07) is 8.38. The molecule has 1 aliphatic heterocycles. The molecule has 2 rings (SSSR count). The first-order valence-corrected chi connectivity index (χ1v) is 7.46. The third kappa shape index (κ3) is 3.92. The summed E-state index contributed by atoms with van der Waals surface area (Å²) in [7, 11) is 0. The molecule has 2 nitrogen and oxygen atoms in total. The van der Waals surface area contributed by atoms with Crippen LogP contribution in [0.15, 0.2) is 24.3 Å². The van der Waals surface area contributed by atoms with E-state index in [1.807, 2.05) is 6.07 Å². The minimum atomic E-state index is 0.766. The van der Waals surface area contributed by atoms with Gasteiger partial charge in [0.15, 0.2) is 0 Å². The molecule has 1 aromatic carbocycles. The third-order valence-electron chi connectivity index (χ3n) is 3.59. The molecule has 0 spiro atoms. The van der Waals surface area contributed by atoms with E-state index in [1.165, 1.54) is 18.4 Å². The predicted molar refractivity (Wildman–Crippen MR) is 79.5 cm³/mol. The van der Waals surface area contributed by atoms with Crippen LogP contribution in [0.25, 0.3) is 0 Å². The third-order valence-corrected chi connectivity index (χ3v) is 3.85. The van der Waals surface area contributed by atoms with Gasteiger partial charge in [-0.3, -0.25) is 4.90 Å². The second kappa shape index (κ2) is 7.05. The van der Waals surface area contributed by atoms with Gasteiger partial charge in [-0.1, -0.05) is 25.1 Å². The highest BCUT2D eigenvalue weighted by Gasteiger charge is 2.15. The number of para-hydroxylation sites is 1. The molecule has 0 amide bonds. The summed E-state index contributed by atoms with van der Waals surface area (Å²) in [4.78, 5) is 2.50. The van der Waals surface area contributed by atoms with Crippen molar-refractivity contribution in [2.75, 3.05) is 25.4 Å². The van der Waals surface area contributed by atoms with Gasteiger partial charge in [-0.15, -0.1) is 0 Å². The molecule has 1 atom stereocenters. The molecular formula is C15H23NOS. The highest BCUT2D eigenvalue weighted by Crippen LogP contribution is 2.22. The molecule has 0 bridgehead atoms.